The molecule has 0 spiro atoms. The maximum atomic E-state index is 12.3. The van der Waals surface area contributed by atoms with Gasteiger partial charge < -0.3 is 5.32 Å². The number of carbonyl (C=O) groups is 1. The van der Waals surface area contributed by atoms with Gasteiger partial charge in [0.05, 0.1) is 17.5 Å². The van der Waals surface area contributed by atoms with Crippen LogP contribution in [0, 0.1) is 0 Å². The maximum absolute atomic E-state index is 12.3. The predicted molar refractivity (Wildman–Crippen MR) is 79.9 cm³/mol. The van der Waals surface area contributed by atoms with E-state index in [1.807, 2.05) is 43.3 Å². The summed E-state index contributed by atoms with van der Waals surface area (Å²) in [7, 11) is 0. The number of aryl methyl sites for hydroxylation is 1. The van der Waals surface area contributed by atoms with Crippen molar-refractivity contribution in [1.82, 2.24) is 20.4 Å². The highest BCUT2D eigenvalue weighted by Gasteiger charge is 2.16. The number of aromatic nitrogens is 4. The molecule has 6 heteroatoms. The summed E-state index contributed by atoms with van der Waals surface area (Å²) in [5.74, 6) is 0.272. The van der Waals surface area contributed by atoms with E-state index in [9.17, 15) is 4.79 Å². The number of nitrogens with one attached hydrogen (secondary N) is 3. The van der Waals surface area contributed by atoms with Crippen LogP contribution in [-0.2, 0) is 6.42 Å². The molecule has 0 atom stereocenters. The number of hydrogen-bond donors (Lipinski definition) is 3. The van der Waals surface area contributed by atoms with Crippen LogP contribution in [0.25, 0.3) is 11.3 Å². The van der Waals surface area contributed by atoms with Crippen molar-refractivity contribution in [1.29, 1.82) is 0 Å². The maximum Gasteiger partial charge on any atom is 0.260 e. The summed E-state index contributed by atoms with van der Waals surface area (Å²) in [6, 6.07) is 11.4. The van der Waals surface area contributed by atoms with Crippen molar-refractivity contribution >= 4 is 11.7 Å². The lowest BCUT2D eigenvalue weighted by Gasteiger charge is -2.03. The van der Waals surface area contributed by atoms with Crippen LogP contribution in [0.4, 0.5) is 5.82 Å². The topological polar surface area (TPSA) is 86.5 Å². The summed E-state index contributed by atoms with van der Waals surface area (Å²) >= 11 is 0. The lowest BCUT2D eigenvalue weighted by molar-refractivity contribution is 0.102. The lowest BCUT2D eigenvalue weighted by Crippen LogP contribution is -2.12. The number of benzene rings is 1. The normalized spacial score (nSPS) is 10.5. The molecule has 1 amide bonds. The minimum absolute atomic E-state index is 0.239. The quantitative estimate of drug-likeness (QED) is 0.687. The smallest absolute Gasteiger partial charge is 0.260 e. The Labute approximate surface area is 121 Å². The standard InChI is InChI=1S/C15H15N5O/c1-2-11-8-13(19-18-11)17-15(21)12-9-16-20-14(12)10-6-4-3-5-7-10/h3-9H,2H2,1H3,(H,16,20)(H2,17,18,19,21). The molecule has 0 aliphatic carbocycles. The van der Waals surface area contributed by atoms with Gasteiger partial charge >= 0.3 is 0 Å². The first-order valence-electron chi connectivity index (χ1n) is 6.72. The third kappa shape index (κ3) is 2.69. The van der Waals surface area contributed by atoms with E-state index in [1.165, 1.54) is 6.20 Å². The van der Waals surface area contributed by atoms with Crippen LogP contribution in [0.2, 0.25) is 0 Å². The molecule has 1 aromatic carbocycles. The summed E-state index contributed by atoms with van der Waals surface area (Å²) in [6.07, 6.45) is 2.36. The number of anilines is 1. The van der Waals surface area contributed by atoms with Crippen LogP contribution in [0.15, 0.2) is 42.6 Å². The number of rotatable bonds is 4. The Balaban J connectivity index is 1.84. The van der Waals surface area contributed by atoms with Gasteiger partial charge in [0.15, 0.2) is 5.82 Å². The summed E-state index contributed by atoms with van der Waals surface area (Å²) < 4.78 is 0. The Morgan fingerprint density at radius 1 is 1.24 bits per heavy atom. The average molecular weight is 281 g/mol. The molecule has 0 unspecified atom stereocenters. The SMILES string of the molecule is CCc1cc(NC(=O)c2cn[nH]c2-c2ccccc2)n[nH]1. The van der Waals surface area contributed by atoms with E-state index in [1.54, 1.807) is 0 Å². The van der Waals surface area contributed by atoms with Gasteiger partial charge in [-0.25, -0.2) is 0 Å². The van der Waals surface area contributed by atoms with E-state index in [-0.39, 0.29) is 5.91 Å². The first-order valence-corrected chi connectivity index (χ1v) is 6.72. The molecule has 21 heavy (non-hydrogen) atoms. The highest BCUT2D eigenvalue weighted by Crippen LogP contribution is 2.21. The zero-order valence-corrected chi connectivity index (χ0v) is 11.6. The van der Waals surface area contributed by atoms with Gasteiger partial charge in [0.1, 0.15) is 0 Å². The van der Waals surface area contributed by atoms with Gasteiger partial charge in [0, 0.05) is 17.3 Å². The third-order valence-electron chi connectivity index (χ3n) is 3.20. The van der Waals surface area contributed by atoms with E-state index in [0.29, 0.717) is 17.1 Å². The van der Waals surface area contributed by atoms with Crippen molar-refractivity contribution in [3.63, 3.8) is 0 Å². The summed E-state index contributed by atoms with van der Waals surface area (Å²) in [5, 5.41) is 16.5. The van der Waals surface area contributed by atoms with Gasteiger partial charge in [-0.15, -0.1) is 0 Å². The molecule has 0 saturated heterocycles. The van der Waals surface area contributed by atoms with Crippen LogP contribution in [-0.4, -0.2) is 26.3 Å². The first-order chi connectivity index (χ1) is 10.3. The number of nitrogens with zero attached hydrogens (tertiary/aromatic N) is 2. The molecule has 0 fully saturated rings. The van der Waals surface area contributed by atoms with Gasteiger partial charge in [-0.05, 0) is 6.42 Å². The lowest BCUT2D eigenvalue weighted by atomic mass is 10.1. The van der Waals surface area contributed by atoms with E-state index in [0.717, 1.165) is 17.7 Å². The Morgan fingerprint density at radius 2 is 2.05 bits per heavy atom. The number of H-pyrrole nitrogens is 2. The fraction of sp³-hybridized carbons (Fsp3) is 0.133. The van der Waals surface area contributed by atoms with Gasteiger partial charge in [-0.3, -0.25) is 15.0 Å². The van der Waals surface area contributed by atoms with Crippen molar-refractivity contribution < 1.29 is 4.79 Å². The second kappa shape index (κ2) is 5.62. The van der Waals surface area contributed by atoms with Crippen molar-refractivity contribution in [3.8, 4) is 11.3 Å². The molecule has 0 aliphatic heterocycles. The fourth-order valence-corrected chi connectivity index (χ4v) is 2.07. The predicted octanol–water partition coefficient (Wildman–Crippen LogP) is 2.61. The average Bonchev–Trinajstić information content (AvgIpc) is 3.17. The molecule has 2 heterocycles. The molecule has 0 saturated carbocycles. The molecule has 0 bridgehead atoms. The number of aromatic amines is 2. The largest absolute Gasteiger partial charge is 0.305 e. The number of carbonyl (C=O) groups excluding carboxylic acids is 1. The Morgan fingerprint density at radius 3 is 2.76 bits per heavy atom. The van der Waals surface area contributed by atoms with Crippen molar-refractivity contribution in [2.75, 3.05) is 5.32 Å². The number of amides is 1. The summed E-state index contributed by atoms with van der Waals surface area (Å²) in [5.41, 5.74) is 3.07. The monoisotopic (exact) mass is 281 g/mol. The zero-order chi connectivity index (χ0) is 14.7. The molecular formula is C15H15N5O. The van der Waals surface area contributed by atoms with Gasteiger partial charge in [-0.2, -0.15) is 10.2 Å². The fourth-order valence-electron chi connectivity index (χ4n) is 2.07. The van der Waals surface area contributed by atoms with Crippen molar-refractivity contribution in [2.45, 2.75) is 13.3 Å². The Bertz CT molecular complexity index is 744. The highest BCUT2D eigenvalue weighted by atomic mass is 16.1. The molecule has 3 rings (SSSR count). The molecule has 0 radical (unpaired) electrons. The third-order valence-corrected chi connectivity index (χ3v) is 3.20. The van der Waals surface area contributed by atoms with Crippen LogP contribution in [0.5, 0.6) is 0 Å². The van der Waals surface area contributed by atoms with Gasteiger partial charge in [-0.1, -0.05) is 37.3 Å². The molecule has 0 aliphatic rings. The Kier molecular flexibility index (Phi) is 3.51. The van der Waals surface area contributed by atoms with E-state index >= 15 is 0 Å². The van der Waals surface area contributed by atoms with Gasteiger partial charge in [0.2, 0.25) is 0 Å². The Hall–Kier alpha value is -2.89. The van der Waals surface area contributed by atoms with Crippen molar-refractivity contribution in [2.24, 2.45) is 0 Å². The zero-order valence-electron chi connectivity index (χ0n) is 11.6. The molecule has 106 valence electrons. The van der Waals surface area contributed by atoms with Crippen LogP contribution >= 0.6 is 0 Å². The van der Waals surface area contributed by atoms with E-state index in [4.69, 9.17) is 0 Å². The molecule has 3 aromatic rings. The first kappa shape index (κ1) is 13.1. The van der Waals surface area contributed by atoms with Crippen molar-refractivity contribution in [3.05, 3.63) is 53.9 Å². The van der Waals surface area contributed by atoms with Gasteiger partial charge in [0.25, 0.3) is 5.91 Å². The highest BCUT2D eigenvalue weighted by molar-refractivity contribution is 6.07. The number of hydrogen-bond acceptors (Lipinski definition) is 3. The minimum Gasteiger partial charge on any atom is -0.305 e. The van der Waals surface area contributed by atoms with Crippen LogP contribution in [0.1, 0.15) is 23.0 Å². The molecule has 6 nitrogen and oxygen atoms in total. The molecule has 2 aromatic heterocycles. The molecular weight excluding hydrogens is 266 g/mol. The second-order valence-electron chi connectivity index (χ2n) is 4.61. The second-order valence-corrected chi connectivity index (χ2v) is 4.61. The van der Waals surface area contributed by atoms with E-state index in [2.05, 4.69) is 25.7 Å². The summed E-state index contributed by atoms with van der Waals surface area (Å²) in [4.78, 5) is 12.3. The van der Waals surface area contributed by atoms with Crippen LogP contribution < -0.4 is 5.32 Å². The summed E-state index contributed by atoms with van der Waals surface area (Å²) in [6.45, 7) is 2.02. The molecule has 3 N–H and O–H groups in total. The van der Waals surface area contributed by atoms with E-state index < -0.39 is 0 Å². The minimum atomic E-state index is -0.239. The van der Waals surface area contributed by atoms with Crippen LogP contribution in [0.3, 0.4) is 0 Å².